The lowest BCUT2D eigenvalue weighted by Gasteiger charge is -2.33. The predicted molar refractivity (Wildman–Crippen MR) is 90.9 cm³/mol. The number of urea groups is 1. The van der Waals surface area contributed by atoms with Crippen LogP contribution in [0.4, 0.5) is 13.6 Å². The van der Waals surface area contributed by atoms with Crippen molar-refractivity contribution in [2.24, 2.45) is 0 Å². The van der Waals surface area contributed by atoms with Gasteiger partial charge < -0.3 is 24.4 Å². The summed E-state index contributed by atoms with van der Waals surface area (Å²) in [5.41, 5.74) is 0.773. The van der Waals surface area contributed by atoms with Crippen LogP contribution in [0.2, 0.25) is 0 Å². The number of aryl methyl sites for hydroxylation is 1. The molecule has 4 rings (SSSR count). The summed E-state index contributed by atoms with van der Waals surface area (Å²) in [7, 11) is 0. The van der Waals surface area contributed by atoms with Crippen molar-refractivity contribution in [1.29, 1.82) is 0 Å². The molecule has 1 aromatic rings. The van der Waals surface area contributed by atoms with Gasteiger partial charge in [-0.25, -0.2) is 13.6 Å². The number of piperidine rings is 1. The van der Waals surface area contributed by atoms with E-state index < -0.39 is 18.5 Å². The van der Waals surface area contributed by atoms with Gasteiger partial charge in [-0.15, -0.1) is 0 Å². The standard InChI is InChI=1S/C18H23F2N3O4/c1-11-13(4-2-6-21-11)27-14-9-26-15-12(8-25-16(14)15)22-17(24)23-7-3-5-18(19,20)10-23/h2,4,6,12,14-16H,3,5,7-10H2,1H3,(H,22,24)/t12-,14-,15+,16+/m0/s1. The van der Waals surface area contributed by atoms with E-state index in [1.54, 1.807) is 12.3 Å². The maximum Gasteiger partial charge on any atom is 0.317 e. The van der Waals surface area contributed by atoms with Crippen LogP contribution in [0, 0.1) is 6.92 Å². The highest BCUT2D eigenvalue weighted by Crippen LogP contribution is 2.31. The molecule has 3 aliphatic rings. The minimum atomic E-state index is -2.82. The second-order valence-electron chi connectivity index (χ2n) is 7.28. The third-order valence-corrected chi connectivity index (χ3v) is 5.23. The Kier molecular flexibility index (Phi) is 4.90. The molecular formula is C18H23F2N3O4. The molecule has 0 aromatic carbocycles. The molecule has 3 aliphatic heterocycles. The number of rotatable bonds is 3. The summed E-state index contributed by atoms with van der Waals surface area (Å²) in [6, 6.07) is 2.74. The average molecular weight is 383 g/mol. The number of amides is 2. The zero-order valence-corrected chi connectivity index (χ0v) is 15.1. The molecular weight excluding hydrogens is 360 g/mol. The Morgan fingerprint density at radius 1 is 1.37 bits per heavy atom. The molecule has 1 aromatic heterocycles. The van der Waals surface area contributed by atoms with Gasteiger partial charge in [0.25, 0.3) is 5.92 Å². The molecule has 0 aliphatic carbocycles. The van der Waals surface area contributed by atoms with E-state index in [0.717, 1.165) is 5.69 Å². The Balaban J connectivity index is 1.35. The lowest BCUT2D eigenvalue weighted by Crippen LogP contribution is -2.54. The number of carbonyl (C=O) groups is 1. The minimum absolute atomic E-state index is 0.177. The number of hydrogen-bond donors (Lipinski definition) is 1. The van der Waals surface area contributed by atoms with E-state index in [9.17, 15) is 13.6 Å². The number of carbonyl (C=O) groups excluding carboxylic acids is 1. The van der Waals surface area contributed by atoms with Crippen molar-refractivity contribution >= 4 is 6.03 Å². The van der Waals surface area contributed by atoms with E-state index in [1.807, 2.05) is 13.0 Å². The first-order chi connectivity index (χ1) is 12.9. The first-order valence-corrected chi connectivity index (χ1v) is 9.18. The monoisotopic (exact) mass is 383 g/mol. The van der Waals surface area contributed by atoms with Crippen molar-refractivity contribution in [3.8, 4) is 5.75 Å². The molecule has 4 heterocycles. The summed E-state index contributed by atoms with van der Waals surface area (Å²) in [6.45, 7) is 2.23. The molecule has 0 unspecified atom stereocenters. The lowest BCUT2D eigenvalue weighted by molar-refractivity contribution is -0.0528. The maximum absolute atomic E-state index is 13.5. The number of aromatic nitrogens is 1. The molecule has 7 nitrogen and oxygen atoms in total. The van der Waals surface area contributed by atoms with E-state index >= 15 is 0 Å². The third kappa shape index (κ3) is 3.84. The van der Waals surface area contributed by atoms with Crippen LogP contribution in [0.15, 0.2) is 18.3 Å². The molecule has 2 amide bonds. The highest BCUT2D eigenvalue weighted by atomic mass is 19.3. The van der Waals surface area contributed by atoms with E-state index in [0.29, 0.717) is 25.3 Å². The molecule has 0 bridgehead atoms. The second-order valence-corrected chi connectivity index (χ2v) is 7.28. The predicted octanol–water partition coefficient (Wildman–Crippen LogP) is 1.74. The summed E-state index contributed by atoms with van der Waals surface area (Å²) < 4.78 is 44.6. The van der Waals surface area contributed by atoms with Gasteiger partial charge in [-0.3, -0.25) is 4.98 Å². The number of halogens is 2. The normalized spacial score (nSPS) is 32.2. The van der Waals surface area contributed by atoms with E-state index in [2.05, 4.69) is 10.3 Å². The minimum Gasteiger partial charge on any atom is -0.483 e. The zero-order chi connectivity index (χ0) is 19.0. The smallest absolute Gasteiger partial charge is 0.317 e. The van der Waals surface area contributed by atoms with Crippen molar-refractivity contribution < 1.29 is 27.8 Å². The quantitative estimate of drug-likeness (QED) is 0.861. The second kappa shape index (κ2) is 7.20. The van der Waals surface area contributed by atoms with E-state index in [-0.39, 0.29) is 37.4 Å². The summed E-state index contributed by atoms with van der Waals surface area (Å²) in [6.07, 6.45) is 0.824. The zero-order valence-electron chi connectivity index (χ0n) is 15.1. The summed E-state index contributed by atoms with van der Waals surface area (Å²) in [5.74, 6) is -2.16. The van der Waals surface area contributed by atoms with Crippen molar-refractivity contribution in [3.05, 3.63) is 24.0 Å². The first kappa shape index (κ1) is 18.4. The van der Waals surface area contributed by atoms with Crippen LogP contribution in [0.3, 0.4) is 0 Å². The Bertz CT molecular complexity index is 705. The van der Waals surface area contributed by atoms with Gasteiger partial charge in [0, 0.05) is 19.2 Å². The van der Waals surface area contributed by atoms with Crippen molar-refractivity contribution in [3.63, 3.8) is 0 Å². The fourth-order valence-corrected chi connectivity index (χ4v) is 3.84. The molecule has 3 fully saturated rings. The molecule has 27 heavy (non-hydrogen) atoms. The Labute approximate surface area is 156 Å². The van der Waals surface area contributed by atoms with Crippen molar-refractivity contribution in [1.82, 2.24) is 15.2 Å². The summed E-state index contributed by atoms with van der Waals surface area (Å²) in [5, 5.41) is 2.79. The number of pyridine rings is 1. The maximum atomic E-state index is 13.5. The van der Waals surface area contributed by atoms with Gasteiger partial charge in [0.05, 0.1) is 31.5 Å². The van der Waals surface area contributed by atoms with Gasteiger partial charge >= 0.3 is 6.03 Å². The Morgan fingerprint density at radius 3 is 2.96 bits per heavy atom. The Morgan fingerprint density at radius 2 is 2.19 bits per heavy atom. The van der Waals surface area contributed by atoms with Gasteiger partial charge in [0.1, 0.15) is 18.0 Å². The van der Waals surface area contributed by atoms with Crippen LogP contribution in [-0.2, 0) is 9.47 Å². The molecule has 0 spiro atoms. The van der Waals surface area contributed by atoms with Gasteiger partial charge in [0.15, 0.2) is 6.10 Å². The number of nitrogens with zero attached hydrogens (tertiary/aromatic N) is 2. The van der Waals surface area contributed by atoms with Crippen LogP contribution in [-0.4, -0.2) is 72.5 Å². The summed E-state index contributed by atoms with van der Waals surface area (Å²) >= 11 is 0. The van der Waals surface area contributed by atoms with Gasteiger partial charge in [-0.05, 0) is 25.5 Å². The SMILES string of the molecule is Cc1ncccc1O[C@H]1CO[C@H]2[C@@H]1OC[C@@H]2NC(=O)N1CCCC(F)(F)C1. The number of ether oxygens (including phenoxy) is 3. The van der Waals surface area contributed by atoms with E-state index in [1.165, 1.54) is 4.90 Å². The van der Waals surface area contributed by atoms with Crippen LogP contribution in [0.25, 0.3) is 0 Å². The number of hydrogen-bond acceptors (Lipinski definition) is 5. The highest BCUT2D eigenvalue weighted by Gasteiger charge is 2.50. The number of likely N-dealkylation sites (tertiary alicyclic amines) is 1. The topological polar surface area (TPSA) is 72.9 Å². The van der Waals surface area contributed by atoms with Crippen LogP contribution >= 0.6 is 0 Å². The van der Waals surface area contributed by atoms with Crippen molar-refractivity contribution in [2.45, 2.75) is 50.0 Å². The average Bonchev–Trinajstić information content (AvgIpc) is 3.20. The van der Waals surface area contributed by atoms with Crippen LogP contribution in [0.5, 0.6) is 5.75 Å². The molecule has 0 saturated carbocycles. The molecule has 9 heteroatoms. The summed E-state index contributed by atoms with van der Waals surface area (Å²) in [4.78, 5) is 17.7. The molecule has 148 valence electrons. The molecule has 3 saturated heterocycles. The number of fused-ring (bicyclic) bond motifs is 1. The lowest BCUT2D eigenvalue weighted by atomic mass is 10.1. The van der Waals surface area contributed by atoms with Gasteiger partial charge in [0.2, 0.25) is 0 Å². The Hall–Kier alpha value is -2.00. The molecule has 1 N–H and O–H groups in total. The highest BCUT2D eigenvalue weighted by molar-refractivity contribution is 5.75. The third-order valence-electron chi connectivity index (χ3n) is 5.23. The van der Waals surface area contributed by atoms with Crippen LogP contribution < -0.4 is 10.1 Å². The van der Waals surface area contributed by atoms with E-state index in [4.69, 9.17) is 14.2 Å². The fraction of sp³-hybridized carbons (Fsp3) is 0.667. The van der Waals surface area contributed by atoms with Gasteiger partial charge in [-0.2, -0.15) is 0 Å². The first-order valence-electron chi connectivity index (χ1n) is 9.18. The van der Waals surface area contributed by atoms with Crippen LogP contribution in [0.1, 0.15) is 18.5 Å². The number of alkyl halides is 2. The molecule has 4 atom stereocenters. The van der Waals surface area contributed by atoms with Crippen molar-refractivity contribution in [2.75, 3.05) is 26.3 Å². The largest absolute Gasteiger partial charge is 0.483 e. The number of nitrogens with one attached hydrogen (secondary N) is 1. The molecule has 0 radical (unpaired) electrons. The van der Waals surface area contributed by atoms with Gasteiger partial charge in [-0.1, -0.05) is 0 Å². The fourth-order valence-electron chi connectivity index (χ4n) is 3.84.